The van der Waals surface area contributed by atoms with E-state index in [0.29, 0.717) is 32.1 Å². The number of alkyl halides is 3. The normalized spacial score (nSPS) is 22.7. The number of anilines is 1. The molecule has 0 spiro atoms. The second-order valence-corrected chi connectivity index (χ2v) is 8.37. The molecule has 1 aliphatic heterocycles. The van der Waals surface area contributed by atoms with Crippen LogP contribution < -0.4 is 10.2 Å². The van der Waals surface area contributed by atoms with E-state index in [0.717, 1.165) is 44.7 Å². The van der Waals surface area contributed by atoms with Crippen molar-refractivity contribution in [2.45, 2.75) is 50.7 Å². The van der Waals surface area contributed by atoms with Gasteiger partial charge in [0.1, 0.15) is 6.42 Å². The molecule has 1 aromatic rings. The van der Waals surface area contributed by atoms with Crippen LogP contribution in [0.4, 0.5) is 23.2 Å². The zero-order chi connectivity index (χ0) is 22.4. The maximum Gasteiger partial charge on any atom is 0.419 e. The van der Waals surface area contributed by atoms with Crippen LogP contribution in [0.2, 0.25) is 0 Å². The Bertz CT molecular complexity index is 792. The van der Waals surface area contributed by atoms with E-state index in [1.54, 1.807) is 4.90 Å². The van der Waals surface area contributed by atoms with Gasteiger partial charge in [0.15, 0.2) is 5.82 Å². The van der Waals surface area contributed by atoms with Crippen molar-refractivity contribution in [3.8, 4) is 6.07 Å². The van der Waals surface area contributed by atoms with Gasteiger partial charge in [-0.1, -0.05) is 6.07 Å². The number of halogens is 4. The molecule has 0 atom stereocenters. The highest BCUT2D eigenvalue weighted by atomic mass is 19.4. The number of hydrogen-bond acceptors (Lipinski definition) is 4. The lowest BCUT2D eigenvalue weighted by molar-refractivity contribution is -0.139. The molecule has 3 rings (SSSR count). The average Bonchev–Trinajstić information content (AvgIpc) is 2.73. The summed E-state index contributed by atoms with van der Waals surface area (Å²) < 4.78 is 53.2. The smallest absolute Gasteiger partial charge is 0.367 e. The first-order chi connectivity index (χ1) is 14.8. The highest BCUT2D eigenvalue weighted by Gasteiger charge is 2.36. The molecule has 1 N–H and O–H groups in total. The monoisotopic (exact) mass is 440 g/mol. The molecule has 5 nitrogen and oxygen atoms in total. The first-order valence-electron chi connectivity index (χ1n) is 10.8. The number of rotatable bonds is 6. The van der Waals surface area contributed by atoms with Crippen LogP contribution in [0.1, 0.15) is 44.1 Å². The summed E-state index contributed by atoms with van der Waals surface area (Å²) in [6.45, 7) is 3.28. The summed E-state index contributed by atoms with van der Waals surface area (Å²) in [5.74, 6) is -0.814. The number of carbonyl (C=O) groups is 1. The SMILES string of the molecule is N#CCC(=O)N[C@H]1CC[C@H](CCN2CCN(c3cccc(C(F)(F)F)c3F)CC2)CC1. The summed E-state index contributed by atoms with van der Waals surface area (Å²) in [6, 6.07) is 5.46. The third kappa shape index (κ3) is 6.33. The number of benzene rings is 1. The summed E-state index contributed by atoms with van der Waals surface area (Å²) in [4.78, 5) is 15.5. The Labute approximate surface area is 180 Å². The number of nitriles is 1. The van der Waals surface area contributed by atoms with Crippen LogP contribution in [0.3, 0.4) is 0 Å². The Balaban J connectivity index is 1.41. The fourth-order valence-corrected chi connectivity index (χ4v) is 4.51. The zero-order valence-electron chi connectivity index (χ0n) is 17.4. The van der Waals surface area contributed by atoms with Crippen molar-refractivity contribution in [2.24, 2.45) is 5.92 Å². The van der Waals surface area contributed by atoms with Gasteiger partial charge in [0.2, 0.25) is 5.91 Å². The van der Waals surface area contributed by atoms with E-state index in [1.165, 1.54) is 12.1 Å². The number of carbonyl (C=O) groups excluding carboxylic acids is 1. The Morgan fingerprint density at radius 2 is 1.81 bits per heavy atom. The Kier molecular flexibility index (Phi) is 7.76. The van der Waals surface area contributed by atoms with E-state index in [2.05, 4.69) is 10.2 Å². The van der Waals surface area contributed by atoms with Crippen LogP contribution in [-0.2, 0) is 11.0 Å². The summed E-state index contributed by atoms with van der Waals surface area (Å²) in [6.07, 6.45) is 0.154. The maximum atomic E-state index is 14.4. The van der Waals surface area contributed by atoms with Crippen LogP contribution in [0.15, 0.2) is 18.2 Å². The van der Waals surface area contributed by atoms with Gasteiger partial charge in [0, 0.05) is 32.2 Å². The minimum absolute atomic E-state index is 0.0197. The highest BCUT2D eigenvalue weighted by molar-refractivity contribution is 5.78. The van der Waals surface area contributed by atoms with Gasteiger partial charge in [-0.2, -0.15) is 18.4 Å². The van der Waals surface area contributed by atoms with Crippen LogP contribution in [0, 0.1) is 23.1 Å². The summed E-state index contributed by atoms with van der Waals surface area (Å²) in [5.41, 5.74) is -1.20. The molecule has 2 aliphatic rings. The van der Waals surface area contributed by atoms with Gasteiger partial charge in [0.05, 0.1) is 17.3 Å². The molecule has 0 radical (unpaired) electrons. The van der Waals surface area contributed by atoms with Gasteiger partial charge in [-0.15, -0.1) is 0 Å². The van der Waals surface area contributed by atoms with Gasteiger partial charge in [-0.3, -0.25) is 9.69 Å². The van der Waals surface area contributed by atoms with Crippen LogP contribution in [0.25, 0.3) is 0 Å². The lowest BCUT2D eigenvalue weighted by atomic mass is 9.84. The second kappa shape index (κ2) is 10.3. The van der Waals surface area contributed by atoms with E-state index in [-0.39, 0.29) is 24.1 Å². The highest BCUT2D eigenvalue weighted by Crippen LogP contribution is 2.35. The average molecular weight is 440 g/mol. The van der Waals surface area contributed by atoms with Gasteiger partial charge < -0.3 is 10.2 Å². The molecule has 1 aliphatic carbocycles. The van der Waals surface area contributed by atoms with Gasteiger partial charge in [-0.05, 0) is 56.7 Å². The molecule has 1 saturated heterocycles. The Morgan fingerprint density at radius 1 is 1.13 bits per heavy atom. The molecule has 0 bridgehead atoms. The van der Waals surface area contributed by atoms with Crippen molar-refractivity contribution in [2.75, 3.05) is 37.6 Å². The fourth-order valence-electron chi connectivity index (χ4n) is 4.51. The van der Waals surface area contributed by atoms with E-state index >= 15 is 0 Å². The van der Waals surface area contributed by atoms with Gasteiger partial charge >= 0.3 is 6.18 Å². The first-order valence-corrected chi connectivity index (χ1v) is 10.8. The molecule has 1 heterocycles. The molecule has 1 saturated carbocycles. The van der Waals surface area contributed by atoms with Crippen molar-refractivity contribution in [3.63, 3.8) is 0 Å². The second-order valence-electron chi connectivity index (χ2n) is 8.37. The topological polar surface area (TPSA) is 59.4 Å². The third-order valence-corrected chi connectivity index (χ3v) is 6.30. The van der Waals surface area contributed by atoms with Crippen molar-refractivity contribution < 1.29 is 22.4 Å². The molecule has 0 unspecified atom stereocenters. The summed E-state index contributed by atoms with van der Waals surface area (Å²) in [5, 5.41) is 11.5. The van der Waals surface area contributed by atoms with Crippen molar-refractivity contribution >= 4 is 11.6 Å². The number of hydrogen-bond donors (Lipinski definition) is 1. The van der Waals surface area contributed by atoms with Crippen molar-refractivity contribution in [3.05, 3.63) is 29.6 Å². The van der Waals surface area contributed by atoms with Crippen LogP contribution >= 0.6 is 0 Å². The molecular formula is C22H28F4N4O. The summed E-state index contributed by atoms with van der Waals surface area (Å²) in [7, 11) is 0. The molecular weight excluding hydrogens is 412 g/mol. The molecule has 1 aromatic carbocycles. The summed E-state index contributed by atoms with van der Waals surface area (Å²) >= 11 is 0. The number of piperazine rings is 1. The van der Waals surface area contributed by atoms with Crippen molar-refractivity contribution in [1.29, 1.82) is 5.26 Å². The molecule has 31 heavy (non-hydrogen) atoms. The number of amides is 1. The largest absolute Gasteiger partial charge is 0.419 e. The van der Waals surface area contributed by atoms with E-state index in [1.807, 2.05) is 6.07 Å². The number of nitrogens with zero attached hydrogens (tertiary/aromatic N) is 3. The molecule has 170 valence electrons. The van der Waals surface area contributed by atoms with Crippen LogP contribution in [-0.4, -0.2) is 49.6 Å². The fraction of sp³-hybridized carbons (Fsp3) is 0.636. The maximum absolute atomic E-state index is 14.4. The molecule has 9 heteroatoms. The van der Waals surface area contributed by atoms with Crippen molar-refractivity contribution in [1.82, 2.24) is 10.2 Å². The lowest BCUT2D eigenvalue weighted by Crippen LogP contribution is -2.47. The van der Waals surface area contributed by atoms with E-state index in [4.69, 9.17) is 5.26 Å². The third-order valence-electron chi connectivity index (χ3n) is 6.30. The first kappa shape index (κ1) is 23.3. The quantitative estimate of drug-likeness (QED) is 0.681. The molecule has 2 fully saturated rings. The number of nitrogens with one attached hydrogen (secondary N) is 1. The minimum Gasteiger partial charge on any atom is -0.367 e. The van der Waals surface area contributed by atoms with E-state index < -0.39 is 17.6 Å². The molecule has 0 aromatic heterocycles. The zero-order valence-corrected chi connectivity index (χ0v) is 17.4. The standard InChI is InChI=1S/C22H28F4N4O/c23-21-18(22(24,25)26)2-1-3-19(21)30-14-12-29(13-15-30)11-9-16-4-6-17(7-5-16)28-20(31)8-10-27/h1-3,16-17H,4-9,11-15H2,(H,28,31)/t16-,17-. The van der Waals surface area contributed by atoms with Crippen LogP contribution in [0.5, 0.6) is 0 Å². The van der Waals surface area contributed by atoms with Gasteiger partial charge in [-0.25, -0.2) is 4.39 Å². The Morgan fingerprint density at radius 3 is 2.42 bits per heavy atom. The minimum atomic E-state index is -4.69. The Hall–Kier alpha value is -2.34. The van der Waals surface area contributed by atoms with Gasteiger partial charge in [0.25, 0.3) is 0 Å². The predicted molar refractivity (Wildman–Crippen MR) is 109 cm³/mol. The molecule has 1 amide bonds. The lowest BCUT2D eigenvalue weighted by Gasteiger charge is -2.37. The predicted octanol–water partition coefficient (Wildman–Crippen LogP) is 3.95. The van der Waals surface area contributed by atoms with E-state index in [9.17, 15) is 22.4 Å².